The fourth-order valence-electron chi connectivity index (χ4n) is 1.57. The van der Waals surface area contributed by atoms with E-state index in [2.05, 4.69) is 5.32 Å². The summed E-state index contributed by atoms with van der Waals surface area (Å²) in [5.41, 5.74) is 0. The Morgan fingerprint density at radius 3 is 2.79 bits per heavy atom. The Hall–Kier alpha value is -0.160. The van der Waals surface area contributed by atoms with Crippen LogP contribution in [0.3, 0.4) is 0 Å². The van der Waals surface area contributed by atoms with Crippen LogP contribution in [0.15, 0.2) is 0 Å². The first-order chi connectivity index (χ1) is 6.93. The molecule has 0 amide bonds. The molecule has 1 aliphatic rings. The molecule has 0 aromatic heterocycles. The summed E-state index contributed by atoms with van der Waals surface area (Å²) in [6.07, 6.45) is 2.34. The summed E-state index contributed by atoms with van der Waals surface area (Å²) in [6, 6.07) is 0. The SMILES string of the molecule is OCCOCCNCC1CCOCC1. The van der Waals surface area contributed by atoms with Crippen molar-refractivity contribution in [3.8, 4) is 0 Å². The zero-order valence-corrected chi connectivity index (χ0v) is 8.71. The van der Waals surface area contributed by atoms with E-state index in [1.165, 1.54) is 12.8 Å². The van der Waals surface area contributed by atoms with Crippen molar-refractivity contribution in [3.63, 3.8) is 0 Å². The van der Waals surface area contributed by atoms with E-state index >= 15 is 0 Å². The number of rotatable bonds is 7. The van der Waals surface area contributed by atoms with Crippen molar-refractivity contribution in [2.24, 2.45) is 5.92 Å². The Balaban J connectivity index is 1.82. The smallest absolute Gasteiger partial charge is 0.0698 e. The lowest BCUT2D eigenvalue weighted by molar-refractivity contribution is 0.0639. The van der Waals surface area contributed by atoms with Crippen molar-refractivity contribution in [2.75, 3.05) is 46.1 Å². The number of ether oxygens (including phenoxy) is 2. The summed E-state index contributed by atoms with van der Waals surface area (Å²) < 4.78 is 10.4. The van der Waals surface area contributed by atoms with Gasteiger partial charge in [-0.1, -0.05) is 0 Å². The van der Waals surface area contributed by atoms with E-state index < -0.39 is 0 Å². The van der Waals surface area contributed by atoms with Crippen LogP contribution in [-0.4, -0.2) is 51.2 Å². The van der Waals surface area contributed by atoms with Crippen molar-refractivity contribution in [2.45, 2.75) is 12.8 Å². The lowest BCUT2D eigenvalue weighted by Gasteiger charge is -2.22. The Bertz CT molecular complexity index is 127. The minimum absolute atomic E-state index is 0.111. The van der Waals surface area contributed by atoms with Gasteiger partial charge < -0.3 is 19.9 Å². The summed E-state index contributed by atoms with van der Waals surface area (Å²) >= 11 is 0. The van der Waals surface area contributed by atoms with Crippen LogP contribution in [0.1, 0.15) is 12.8 Å². The van der Waals surface area contributed by atoms with Gasteiger partial charge in [-0.25, -0.2) is 0 Å². The Morgan fingerprint density at radius 2 is 2.07 bits per heavy atom. The molecule has 0 aliphatic carbocycles. The molecule has 1 aliphatic heterocycles. The van der Waals surface area contributed by atoms with E-state index in [1.54, 1.807) is 0 Å². The second kappa shape index (κ2) is 8.17. The quantitative estimate of drug-likeness (QED) is 0.572. The van der Waals surface area contributed by atoms with Crippen molar-refractivity contribution in [1.82, 2.24) is 5.32 Å². The molecule has 4 heteroatoms. The fourth-order valence-corrected chi connectivity index (χ4v) is 1.57. The lowest BCUT2D eigenvalue weighted by atomic mass is 10.0. The molecule has 2 N–H and O–H groups in total. The molecule has 1 rings (SSSR count). The number of aliphatic hydroxyl groups excluding tert-OH is 1. The average molecular weight is 203 g/mol. The third kappa shape index (κ3) is 5.54. The van der Waals surface area contributed by atoms with Gasteiger partial charge in [0.1, 0.15) is 0 Å². The highest BCUT2D eigenvalue weighted by Gasteiger charge is 2.12. The summed E-state index contributed by atoms with van der Waals surface area (Å²) in [7, 11) is 0. The van der Waals surface area contributed by atoms with Crippen molar-refractivity contribution in [1.29, 1.82) is 0 Å². The largest absolute Gasteiger partial charge is 0.394 e. The minimum atomic E-state index is 0.111. The molecule has 0 aromatic carbocycles. The molecular weight excluding hydrogens is 182 g/mol. The molecule has 1 fully saturated rings. The standard InChI is InChI=1S/C10H21NO3/c12-4-8-14-7-3-11-9-10-1-5-13-6-2-10/h10-12H,1-9H2. The molecular formula is C10H21NO3. The highest BCUT2D eigenvalue weighted by atomic mass is 16.5. The van der Waals surface area contributed by atoms with Crippen molar-refractivity contribution >= 4 is 0 Å². The minimum Gasteiger partial charge on any atom is -0.394 e. The van der Waals surface area contributed by atoms with E-state index in [-0.39, 0.29) is 6.61 Å². The highest BCUT2D eigenvalue weighted by molar-refractivity contribution is 4.65. The van der Waals surface area contributed by atoms with Gasteiger partial charge in [-0.15, -0.1) is 0 Å². The molecule has 0 radical (unpaired) electrons. The molecule has 1 heterocycles. The van der Waals surface area contributed by atoms with Crippen molar-refractivity contribution < 1.29 is 14.6 Å². The highest BCUT2D eigenvalue weighted by Crippen LogP contribution is 2.12. The zero-order chi connectivity index (χ0) is 10.1. The summed E-state index contributed by atoms with van der Waals surface area (Å²) in [6.45, 7) is 4.99. The van der Waals surface area contributed by atoms with Gasteiger partial charge in [-0.05, 0) is 25.3 Å². The average Bonchev–Trinajstić information content (AvgIpc) is 2.25. The zero-order valence-electron chi connectivity index (χ0n) is 8.71. The predicted molar refractivity (Wildman–Crippen MR) is 54.3 cm³/mol. The molecule has 0 unspecified atom stereocenters. The maximum Gasteiger partial charge on any atom is 0.0698 e. The van der Waals surface area contributed by atoms with Crippen LogP contribution < -0.4 is 5.32 Å². The molecule has 0 bridgehead atoms. The Kier molecular flexibility index (Phi) is 6.95. The van der Waals surface area contributed by atoms with Crippen molar-refractivity contribution in [3.05, 3.63) is 0 Å². The third-order valence-corrected chi connectivity index (χ3v) is 2.43. The first kappa shape index (κ1) is 11.9. The maximum atomic E-state index is 8.47. The summed E-state index contributed by atoms with van der Waals surface area (Å²) in [5, 5.41) is 11.8. The second-order valence-corrected chi connectivity index (χ2v) is 3.60. The molecule has 1 saturated heterocycles. The monoisotopic (exact) mass is 203 g/mol. The van der Waals surface area contributed by atoms with Gasteiger partial charge in [0.15, 0.2) is 0 Å². The van der Waals surface area contributed by atoms with Gasteiger partial charge in [0, 0.05) is 19.8 Å². The number of aliphatic hydroxyl groups is 1. The number of hydrogen-bond acceptors (Lipinski definition) is 4. The summed E-state index contributed by atoms with van der Waals surface area (Å²) in [4.78, 5) is 0. The molecule has 0 aromatic rings. The lowest BCUT2D eigenvalue weighted by Crippen LogP contribution is -2.30. The van der Waals surface area contributed by atoms with Crippen LogP contribution in [0.4, 0.5) is 0 Å². The molecule has 14 heavy (non-hydrogen) atoms. The van der Waals surface area contributed by atoms with Crippen LogP contribution in [0.5, 0.6) is 0 Å². The number of hydrogen-bond donors (Lipinski definition) is 2. The Morgan fingerprint density at radius 1 is 1.29 bits per heavy atom. The molecule has 84 valence electrons. The first-order valence-corrected chi connectivity index (χ1v) is 5.40. The normalized spacial score (nSPS) is 18.6. The van der Waals surface area contributed by atoms with E-state index in [0.717, 1.165) is 32.2 Å². The van der Waals surface area contributed by atoms with Gasteiger partial charge >= 0.3 is 0 Å². The summed E-state index contributed by atoms with van der Waals surface area (Å²) in [5.74, 6) is 0.765. The van der Waals surface area contributed by atoms with Gasteiger partial charge in [-0.3, -0.25) is 0 Å². The molecule has 0 saturated carbocycles. The molecule has 0 spiro atoms. The van der Waals surface area contributed by atoms with E-state index in [4.69, 9.17) is 14.6 Å². The second-order valence-electron chi connectivity index (χ2n) is 3.60. The van der Waals surface area contributed by atoms with Gasteiger partial charge in [0.05, 0.1) is 19.8 Å². The van der Waals surface area contributed by atoms with E-state index in [1.807, 2.05) is 0 Å². The first-order valence-electron chi connectivity index (χ1n) is 5.40. The number of nitrogens with one attached hydrogen (secondary N) is 1. The van der Waals surface area contributed by atoms with Crippen LogP contribution in [0.2, 0.25) is 0 Å². The third-order valence-electron chi connectivity index (χ3n) is 2.43. The Labute approximate surface area is 85.6 Å². The van der Waals surface area contributed by atoms with Crippen LogP contribution in [-0.2, 0) is 9.47 Å². The van der Waals surface area contributed by atoms with Crippen LogP contribution in [0, 0.1) is 5.92 Å². The molecule has 0 atom stereocenters. The predicted octanol–water partition coefficient (Wildman–Crippen LogP) is 0.0115. The van der Waals surface area contributed by atoms with E-state index in [9.17, 15) is 0 Å². The fraction of sp³-hybridized carbons (Fsp3) is 1.00. The topological polar surface area (TPSA) is 50.7 Å². The van der Waals surface area contributed by atoms with Gasteiger partial charge in [-0.2, -0.15) is 0 Å². The van der Waals surface area contributed by atoms with E-state index in [0.29, 0.717) is 13.2 Å². The van der Waals surface area contributed by atoms with Gasteiger partial charge in [0.25, 0.3) is 0 Å². The van der Waals surface area contributed by atoms with Crippen LogP contribution >= 0.6 is 0 Å². The van der Waals surface area contributed by atoms with Gasteiger partial charge in [0.2, 0.25) is 0 Å². The van der Waals surface area contributed by atoms with Crippen LogP contribution in [0.25, 0.3) is 0 Å². The molecule has 4 nitrogen and oxygen atoms in total. The maximum absolute atomic E-state index is 8.47.